The van der Waals surface area contributed by atoms with Gasteiger partial charge in [-0.15, -0.1) is 0 Å². The molecule has 1 atom stereocenters. The number of nitrogens with one attached hydrogen (secondary N) is 1. The first-order valence-corrected chi connectivity index (χ1v) is 6.16. The van der Waals surface area contributed by atoms with E-state index in [1.54, 1.807) is 6.92 Å². The van der Waals surface area contributed by atoms with Crippen LogP contribution in [-0.2, 0) is 4.79 Å². The molecular weight excluding hydrogens is 190 g/mol. The van der Waals surface area contributed by atoms with Crippen molar-refractivity contribution in [2.24, 2.45) is 5.92 Å². The van der Waals surface area contributed by atoms with Gasteiger partial charge in [-0.05, 0) is 19.8 Å². The Morgan fingerprint density at radius 1 is 1.27 bits per heavy atom. The number of aliphatic hydroxyl groups excluding tert-OH is 1. The molecule has 88 valence electrons. The maximum Gasteiger partial charge on any atom is 0.223 e. The molecule has 1 aliphatic carbocycles. The summed E-state index contributed by atoms with van der Waals surface area (Å²) in [7, 11) is 0. The summed E-state index contributed by atoms with van der Waals surface area (Å²) in [5, 5.41) is 11.9. The van der Waals surface area contributed by atoms with Gasteiger partial charge in [-0.1, -0.05) is 32.1 Å². The molecule has 15 heavy (non-hydrogen) atoms. The normalized spacial score (nSPS) is 21.5. The van der Waals surface area contributed by atoms with E-state index in [1.807, 2.05) is 0 Å². The van der Waals surface area contributed by atoms with Crippen molar-refractivity contribution in [3.05, 3.63) is 0 Å². The Bertz CT molecular complexity index is 184. The van der Waals surface area contributed by atoms with Crippen LogP contribution in [0, 0.1) is 5.92 Å². The maximum atomic E-state index is 11.7. The Morgan fingerprint density at radius 2 is 1.80 bits per heavy atom. The first-order chi connectivity index (χ1) is 7.20. The number of carbonyl (C=O) groups is 1. The van der Waals surface area contributed by atoms with Crippen LogP contribution in [0.4, 0.5) is 0 Å². The molecule has 0 radical (unpaired) electrons. The van der Waals surface area contributed by atoms with E-state index < -0.39 is 6.10 Å². The lowest BCUT2D eigenvalue weighted by atomic mass is 9.90. The number of rotatable bonds is 3. The van der Waals surface area contributed by atoms with Crippen LogP contribution in [0.25, 0.3) is 0 Å². The first kappa shape index (κ1) is 12.5. The summed E-state index contributed by atoms with van der Waals surface area (Å²) in [5.74, 6) is 0.321. The zero-order chi connectivity index (χ0) is 11.1. The molecule has 0 spiro atoms. The van der Waals surface area contributed by atoms with Crippen LogP contribution < -0.4 is 5.32 Å². The molecule has 3 heteroatoms. The van der Waals surface area contributed by atoms with E-state index in [4.69, 9.17) is 5.11 Å². The highest BCUT2D eigenvalue weighted by molar-refractivity contribution is 5.78. The molecule has 0 saturated heterocycles. The van der Waals surface area contributed by atoms with Crippen LogP contribution in [0.3, 0.4) is 0 Å². The van der Waals surface area contributed by atoms with Gasteiger partial charge in [0.25, 0.3) is 0 Å². The molecule has 1 amide bonds. The fraction of sp³-hybridized carbons (Fsp3) is 0.917. The van der Waals surface area contributed by atoms with Gasteiger partial charge in [0.15, 0.2) is 0 Å². The van der Waals surface area contributed by atoms with Crippen molar-refractivity contribution in [3.8, 4) is 0 Å². The Balaban J connectivity index is 2.28. The molecule has 1 rings (SSSR count). The zero-order valence-electron chi connectivity index (χ0n) is 9.67. The van der Waals surface area contributed by atoms with Crippen LogP contribution in [0.5, 0.6) is 0 Å². The molecule has 1 aliphatic rings. The van der Waals surface area contributed by atoms with E-state index in [2.05, 4.69) is 5.32 Å². The van der Waals surface area contributed by atoms with Crippen LogP contribution in [0.1, 0.15) is 51.9 Å². The summed E-state index contributed by atoms with van der Waals surface area (Å²) < 4.78 is 0. The van der Waals surface area contributed by atoms with Gasteiger partial charge in [0.1, 0.15) is 0 Å². The van der Waals surface area contributed by atoms with Gasteiger partial charge in [-0.2, -0.15) is 0 Å². The van der Waals surface area contributed by atoms with Crippen molar-refractivity contribution in [1.82, 2.24) is 5.32 Å². The van der Waals surface area contributed by atoms with Crippen molar-refractivity contribution < 1.29 is 9.90 Å². The van der Waals surface area contributed by atoms with E-state index in [1.165, 1.54) is 32.1 Å². The smallest absolute Gasteiger partial charge is 0.223 e. The predicted molar refractivity (Wildman–Crippen MR) is 60.5 cm³/mol. The molecule has 3 nitrogen and oxygen atoms in total. The molecule has 0 aromatic heterocycles. The molecule has 0 unspecified atom stereocenters. The number of hydrogen-bond acceptors (Lipinski definition) is 2. The summed E-state index contributed by atoms with van der Waals surface area (Å²) in [5.41, 5.74) is 0. The third-order valence-electron chi connectivity index (χ3n) is 3.05. The second-order valence-electron chi connectivity index (χ2n) is 4.64. The van der Waals surface area contributed by atoms with Crippen molar-refractivity contribution in [2.45, 2.75) is 58.0 Å². The summed E-state index contributed by atoms with van der Waals surface area (Å²) in [4.78, 5) is 11.7. The fourth-order valence-electron chi connectivity index (χ4n) is 2.11. The standard InChI is InChI=1S/C12H23NO2/c1-10(14)9-13-12(15)11-7-5-3-2-4-6-8-11/h10-11,14H,2-9H2,1H3,(H,13,15)/t10-/m0/s1. The highest BCUT2D eigenvalue weighted by Gasteiger charge is 2.18. The minimum absolute atomic E-state index is 0.137. The van der Waals surface area contributed by atoms with Crippen LogP contribution in [0.2, 0.25) is 0 Å². The Hall–Kier alpha value is -0.570. The van der Waals surface area contributed by atoms with Crippen LogP contribution in [0.15, 0.2) is 0 Å². The van der Waals surface area contributed by atoms with Gasteiger partial charge in [-0.25, -0.2) is 0 Å². The number of hydrogen-bond donors (Lipinski definition) is 2. The molecule has 0 bridgehead atoms. The number of amides is 1. The average Bonchev–Trinajstić information content (AvgIpc) is 2.13. The molecule has 1 fully saturated rings. The fourth-order valence-corrected chi connectivity index (χ4v) is 2.11. The van der Waals surface area contributed by atoms with Gasteiger partial charge >= 0.3 is 0 Å². The summed E-state index contributed by atoms with van der Waals surface area (Å²) in [6, 6.07) is 0. The second kappa shape index (κ2) is 6.83. The van der Waals surface area contributed by atoms with Gasteiger partial charge in [-0.3, -0.25) is 4.79 Å². The summed E-state index contributed by atoms with van der Waals surface area (Å²) in [6.45, 7) is 2.08. The third-order valence-corrected chi connectivity index (χ3v) is 3.05. The lowest BCUT2D eigenvalue weighted by Gasteiger charge is -2.19. The zero-order valence-corrected chi connectivity index (χ0v) is 9.67. The minimum atomic E-state index is -0.442. The predicted octanol–water partition coefficient (Wildman–Crippen LogP) is 1.84. The molecule has 0 heterocycles. The Labute approximate surface area is 92.3 Å². The largest absolute Gasteiger partial charge is 0.392 e. The van der Waals surface area contributed by atoms with Gasteiger partial charge in [0, 0.05) is 12.5 Å². The second-order valence-corrected chi connectivity index (χ2v) is 4.64. The van der Waals surface area contributed by atoms with Crippen LogP contribution in [-0.4, -0.2) is 23.7 Å². The molecule has 0 aliphatic heterocycles. The third kappa shape index (κ3) is 5.17. The lowest BCUT2D eigenvalue weighted by Crippen LogP contribution is -2.35. The van der Waals surface area contributed by atoms with Crippen molar-refractivity contribution >= 4 is 5.91 Å². The van der Waals surface area contributed by atoms with Gasteiger partial charge < -0.3 is 10.4 Å². The topological polar surface area (TPSA) is 49.3 Å². The Morgan fingerprint density at radius 3 is 2.33 bits per heavy atom. The van der Waals surface area contributed by atoms with Gasteiger partial charge in [0.05, 0.1) is 6.10 Å². The molecule has 2 N–H and O–H groups in total. The highest BCUT2D eigenvalue weighted by Crippen LogP contribution is 2.22. The first-order valence-electron chi connectivity index (χ1n) is 6.16. The monoisotopic (exact) mass is 213 g/mol. The van der Waals surface area contributed by atoms with Gasteiger partial charge in [0.2, 0.25) is 5.91 Å². The van der Waals surface area contributed by atoms with E-state index in [9.17, 15) is 4.79 Å². The highest BCUT2D eigenvalue weighted by atomic mass is 16.3. The van der Waals surface area contributed by atoms with Crippen molar-refractivity contribution in [2.75, 3.05) is 6.54 Å². The summed E-state index contributed by atoms with van der Waals surface area (Å²) >= 11 is 0. The molecule has 1 saturated carbocycles. The Kier molecular flexibility index (Phi) is 5.69. The number of aliphatic hydroxyl groups is 1. The minimum Gasteiger partial charge on any atom is -0.392 e. The van der Waals surface area contributed by atoms with E-state index in [0.717, 1.165) is 12.8 Å². The van der Waals surface area contributed by atoms with E-state index >= 15 is 0 Å². The van der Waals surface area contributed by atoms with Crippen molar-refractivity contribution in [1.29, 1.82) is 0 Å². The molecule has 0 aromatic rings. The summed E-state index contributed by atoms with van der Waals surface area (Å²) in [6.07, 6.45) is 7.79. The maximum absolute atomic E-state index is 11.7. The molecular formula is C12H23NO2. The lowest BCUT2D eigenvalue weighted by molar-refractivity contribution is -0.126. The van der Waals surface area contributed by atoms with Crippen molar-refractivity contribution in [3.63, 3.8) is 0 Å². The average molecular weight is 213 g/mol. The number of carbonyl (C=O) groups excluding carboxylic acids is 1. The van der Waals surface area contributed by atoms with Crippen LogP contribution >= 0.6 is 0 Å². The van der Waals surface area contributed by atoms with E-state index in [-0.39, 0.29) is 11.8 Å². The SMILES string of the molecule is C[C@H](O)CNC(=O)C1CCCCCCC1. The molecule has 0 aromatic carbocycles. The quantitative estimate of drug-likeness (QED) is 0.751. The van der Waals surface area contributed by atoms with E-state index in [0.29, 0.717) is 6.54 Å².